The van der Waals surface area contributed by atoms with Gasteiger partial charge in [-0.3, -0.25) is 0 Å². The van der Waals surface area contributed by atoms with Crippen molar-refractivity contribution in [2.24, 2.45) is 5.92 Å². The van der Waals surface area contributed by atoms with Gasteiger partial charge in [-0.15, -0.1) is 3.98 Å². The molecule has 0 radical (unpaired) electrons. The normalized spacial score (nSPS) is 16.3. The Morgan fingerprint density at radius 1 is 1.06 bits per heavy atom. The molecule has 0 aromatic heterocycles. The van der Waals surface area contributed by atoms with E-state index in [0.717, 1.165) is 17.0 Å². The van der Waals surface area contributed by atoms with E-state index in [4.69, 9.17) is 4.74 Å². The molecule has 174 valence electrons. The topological polar surface area (TPSA) is 86.9 Å². The molecule has 0 amide bonds. The fraction of sp³-hybridized carbons (Fsp3) is 0.231. The average Bonchev–Trinajstić information content (AvgIpc) is 2.91. The maximum Gasteiger partial charge on any atom is 0.396 e. The van der Waals surface area contributed by atoms with Crippen LogP contribution in [0.1, 0.15) is 29.8 Å². The van der Waals surface area contributed by atoms with Gasteiger partial charge in [0, 0.05) is 23.2 Å². The lowest BCUT2D eigenvalue weighted by atomic mass is 9.94. The average molecular weight is 478 g/mol. The van der Waals surface area contributed by atoms with Crippen molar-refractivity contribution in [1.82, 2.24) is 0 Å². The predicted molar refractivity (Wildman–Crippen MR) is 130 cm³/mol. The molecule has 2 aliphatic heterocycles. The Balaban J connectivity index is 1.81. The fourth-order valence-electron chi connectivity index (χ4n) is 4.57. The molecular weight excluding hydrogens is 452 g/mol. The first-order valence-corrected chi connectivity index (χ1v) is 12.5. The molecule has 0 saturated carbocycles. The molecule has 0 aliphatic carbocycles. The van der Waals surface area contributed by atoms with Crippen molar-refractivity contribution >= 4 is 33.1 Å². The molecule has 0 saturated heterocycles. The Bertz CT molecular complexity index is 1460. The zero-order chi connectivity index (χ0) is 24.2. The lowest BCUT2D eigenvalue weighted by molar-refractivity contribution is -0.330. The zero-order valence-corrected chi connectivity index (χ0v) is 20.0. The van der Waals surface area contributed by atoms with Crippen molar-refractivity contribution in [3.8, 4) is 16.9 Å². The highest BCUT2D eigenvalue weighted by Crippen LogP contribution is 2.45. The van der Waals surface area contributed by atoms with Gasteiger partial charge in [-0.25, -0.2) is 4.79 Å². The molecule has 1 N–H and O–H groups in total. The number of aromatic carboxylic acids is 1. The first kappa shape index (κ1) is 22.2. The first-order valence-electron chi connectivity index (χ1n) is 11.0. The maximum atomic E-state index is 13.8. The Hall–Kier alpha value is -3.65. The number of carboxylic acids is 1. The molecule has 2 heterocycles. The summed E-state index contributed by atoms with van der Waals surface area (Å²) in [6.07, 6.45) is 0. The Morgan fingerprint density at radius 3 is 2.47 bits per heavy atom. The molecule has 0 unspecified atom stereocenters. The monoisotopic (exact) mass is 477 g/mol. The fourth-order valence-corrected chi connectivity index (χ4v) is 6.14. The highest BCUT2D eigenvalue weighted by molar-refractivity contribution is 7.85. The minimum absolute atomic E-state index is 0.00465. The van der Waals surface area contributed by atoms with Crippen LogP contribution in [0.15, 0.2) is 65.6 Å². The van der Waals surface area contributed by atoms with E-state index >= 15 is 0 Å². The summed E-state index contributed by atoms with van der Waals surface area (Å²) < 4.78 is 35.1. The van der Waals surface area contributed by atoms with Crippen molar-refractivity contribution < 1.29 is 27.0 Å². The van der Waals surface area contributed by atoms with Crippen LogP contribution in [-0.4, -0.2) is 42.8 Å². The van der Waals surface area contributed by atoms with E-state index in [1.54, 1.807) is 31.3 Å². The third-order valence-corrected chi connectivity index (χ3v) is 8.32. The summed E-state index contributed by atoms with van der Waals surface area (Å²) >= 11 is 0. The van der Waals surface area contributed by atoms with Gasteiger partial charge in [-0.2, -0.15) is 8.42 Å². The van der Waals surface area contributed by atoms with E-state index in [1.165, 1.54) is 10.0 Å². The van der Waals surface area contributed by atoms with Gasteiger partial charge in [-0.1, -0.05) is 38.1 Å². The molecule has 2 aliphatic rings. The van der Waals surface area contributed by atoms with E-state index in [-0.39, 0.29) is 23.0 Å². The highest BCUT2D eigenvalue weighted by atomic mass is 32.2. The Morgan fingerprint density at radius 2 is 1.79 bits per heavy atom. The molecule has 0 atom stereocenters. The van der Waals surface area contributed by atoms with Gasteiger partial charge < -0.3 is 14.7 Å². The van der Waals surface area contributed by atoms with Gasteiger partial charge in [0.1, 0.15) is 18.9 Å². The van der Waals surface area contributed by atoms with Crippen LogP contribution >= 0.6 is 0 Å². The Kier molecular flexibility index (Phi) is 5.20. The molecule has 8 heteroatoms. The van der Waals surface area contributed by atoms with Gasteiger partial charge in [-0.05, 0) is 41.5 Å². The number of rotatable bonds is 3. The second kappa shape index (κ2) is 7.99. The molecule has 0 spiro atoms. The zero-order valence-electron chi connectivity index (χ0n) is 19.1. The van der Waals surface area contributed by atoms with E-state index in [1.807, 2.05) is 49.1 Å². The summed E-state index contributed by atoms with van der Waals surface area (Å²) in [5.74, 6) is -0.505. The molecule has 3 aromatic carbocycles. The van der Waals surface area contributed by atoms with Gasteiger partial charge in [0.15, 0.2) is 17.7 Å². The molecule has 34 heavy (non-hydrogen) atoms. The summed E-state index contributed by atoms with van der Waals surface area (Å²) in [7, 11) is -2.28. The van der Waals surface area contributed by atoms with E-state index < -0.39 is 16.0 Å². The minimum Gasteiger partial charge on any atom is -0.488 e. The van der Waals surface area contributed by atoms with Crippen LogP contribution in [0, 0.1) is 5.92 Å². The number of hydrogen-bond donors (Lipinski definition) is 1. The maximum absolute atomic E-state index is 13.8. The molecular formula is C26H25N2O5S+. The smallest absolute Gasteiger partial charge is 0.396 e. The number of ether oxygens (including phenoxy) is 1. The SMILES string of the molecule is CC(C)C1=[N+](C)S(=O)(=O)c2cc3c(cc2N(c2ccccc2)C1)OCc1ccc(C(=O)O)cc1-3. The lowest BCUT2D eigenvalue weighted by Crippen LogP contribution is -2.33. The third kappa shape index (κ3) is 3.45. The quantitative estimate of drug-likeness (QED) is 0.558. The standard InChI is InChI=1S/C26H24N2O5S/c1-16(2)23-14-28(19-7-5-4-6-8-19)22-13-24-21(12-25(22)34(31,32)27(23)3)20-11-17(26(29)30)9-10-18(20)15-33-24/h4-13,16H,14-15H2,1-3H3/p+1. The van der Waals surface area contributed by atoms with Gasteiger partial charge in [0.05, 0.1) is 11.3 Å². The number of hydrogen-bond acceptors (Lipinski definition) is 5. The van der Waals surface area contributed by atoms with Crippen LogP contribution in [-0.2, 0) is 16.6 Å². The minimum atomic E-state index is -3.87. The summed E-state index contributed by atoms with van der Waals surface area (Å²) in [4.78, 5) is 13.7. The predicted octanol–water partition coefficient (Wildman–Crippen LogP) is 4.52. The van der Waals surface area contributed by atoms with Gasteiger partial charge >= 0.3 is 16.0 Å². The second-order valence-electron chi connectivity index (χ2n) is 8.82. The van der Waals surface area contributed by atoms with E-state index in [2.05, 4.69) is 0 Å². The largest absolute Gasteiger partial charge is 0.488 e. The number of sulfonamides is 1. The van der Waals surface area contributed by atoms with Crippen LogP contribution in [0.4, 0.5) is 11.4 Å². The van der Waals surface area contributed by atoms with Crippen LogP contribution < -0.4 is 9.64 Å². The van der Waals surface area contributed by atoms with Crippen LogP contribution in [0.2, 0.25) is 0 Å². The van der Waals surface area contributed by atoms with E-state index in [9.17, 15) is 18.3 Å². The number of carboxylic acid groups (broad SMARTS) is 1. The van der Waals surface area contributed by atoms with Crippen molar-refractivity contribution in [3.05, 3.63) is 71.8 Å². The lowest BCUT2D eigenvalue weighted by Gasteiger charge is -2.27. The summed E-state index contributed by atoms with van der Waals surface area (Å²) in [5.41, 5.74) is 4.37. The molecule has 5 rings (SSSR count). The highest BCUT2D eigenvalue weighted by Gasteiger charge is 2.40. The van der Waals surface area contributed by atoms with Gasteiger partial charge in [0.2, 0.25) is 0 Å². The molecule has 0 fully saturated rings. The number of nitrogens with zero attached hydrogens (tertiary/aromatic N) is 2. The van der Waals surface area contributed by atoms with Gasteiger partial charge in [0.25, 0.3) is 0 Å². The summed E-state index contributed by atoms with van der Waals surface area (Å²) in [5, 5.41) is 9.48. The number of para-hydroxylation sites is 1. The van der Waals surface area contributed by atoms with E-state index in [0.29, 0.717) is 29.1 Å². The van der Waals surface area contributed by atoms with Crippen molar-refractivity contribution in [1.29, 1.82) is 0 Å². The van der Waals surface area contributed by atoms with Crippen LogP contribution in [0.3, 0.4) is 0 Å². The first-order chi connectivity index (χ1) is 16.2. The summed E-state index contributed by atoms with van der Waals surface area (Å²) in [6.45, 7) is 4.65. The number of carbonyl (C=O) groups is 1. The number of anilines is 2. The Labute approximate surface area is 198 Å². The van der Waals surface area contributed by atoms with Crippen LogP contribution in [0.25, 0.3) is 11.1 Å². The molecule has 7 nitrogen and oxygen atoms in total. The molecule has 3 aromatic rings. The number of benzene rings is 3. The third-order valence-electron chi connectivity index (χ3n) is 6.48. The van der Waals surface area contributed by atoms with Crippen molar-refractivity contribution in [2.45, 2.75) is 25.3 Å². The summed E-state index contributed by atoms with van der Waals surface area (Å²) in [6, 6.07) is 17.9. The number of fused-ring (bicyclic) bond motifs is 4. The van der Waals surface area contributed by atoms with Crippen LogP contribution in [0.5, 0.6) is 5.75 Å². The molecule has 0 bridgehead atoms. The van der Waals surface area contributed by atoms with Crippen molar-refractivity contribution in [2.75, 3.05) is 18.5 Å². The second-order valence-corrected chi connectivity index (χ2v) is 10.8. The van der Waals surface area contributed by atoms with Crippen molar-refractivity contribution in [3.63, 3.8) is 0 Å².